The number of halogens is 4. The second-order valence-corrected chi connectivity index (χ2v) is 9.37. The summed E-state index contributed by atoms with van der Waals surface area (Å²) in [5.74, 6) is -0.632. The molecular weight excluding hydrogens is 488 g/mol. The van der Waals surface area contributed by atoms with E-state index in [0.29, 0.717) is 17.8 Å². The number of nitrogens with zero attached hydrogens (tertiary/aromatic N) is 5. The third-order valence-corrected chi connectivity index (χ3v) is 6.68. The lowest BCUT2D eigenvalue weighted by Gasteiger charge is -2.17. The van der Waals surface area contributed by atoms with Gasteiger partial charge in [0.05, 0.1) is 34.9 Å². The summed E-state index contributed by atoms with van der Waals surface area (Å²) in [6, 6.07) is 7.42. The highest BCUT2D eigenvalue weighted by molar-refractivity contribution is 7.89. The first-order chi connectivity index (χ1) is 16.4. The maximum absolute atomic E-state index is 13.5. The minimum absolute atomic E-state index is 0.0379. The Balaban J connectivity index is 1.88. The van der Waals surface area contributed by atoms with Crippen molar-refractivity contribution in [2.75, 3.05) is 0 Å². The molecule has 1 N–H and O–H groups in total. The van der Waals surface area contributed by atoms with Crippen molar-refractivity contribution in [3.05, 3.63) is 65.9 Å². The maximum Gasteiger partial charge on any atom is 0.404 e. The van der Waals surface area contributed by atoms with Gasteiger partial charge in [0.25, 0.3) is 0 Å². The number of nitriles is 1. The van der Waals surface area contributed by atoms with Crippen LogP contribution in [0, 0.1) is 24.1 Å². The van der Waals surface area contributed by atoms with Gasteiger partial charge in [0.2, 0.25) is 16.0 Å². The van der Waals surface area contributed by atoms with Crippen LogP contribution in [0.3, 0.4) is 0 Å². The van der Waals surface area contributed by atoms with E-state index < -0.39 is 33.0 Å². The van der Waals surface area contributed by atoms with E-state index in [1.165, 1.54) is 10.6 Å². The average molecular weight is 504 g/mol. The van der Waals surface area contributed by atoms with Crippen LogP contribution in [0.4, 0.5) is 17.6 Å². The van der Waals surface area contributed by atoms with Gasteiger partial charge in [0, 0.05) is 11.6 Å². The molecular formula is C22H16F4N6O2S. The molecule has 0 aliphatic rings. The SMILES string of the molecule is Cc1ccc2c(c1)c(C#N)c(-c1ccc(S(=O)(=O)N[C@@H](C)C(F)(F)F)cn1)n2-c1ncc(F)cn1. The van der Waals surface area contributed by atoms with Gasteiger partial charge in [-0.2, -0.15) is 23.2 Å². The number of rotatable bonds is 5. The molecule has 0 spiro atoms. The summed E-state index contributed by atoms with van der Waals surface area (Å²) in [5, 5.41) is 10.5. The third kappa shape index (κ3) is 4.58. The molecule has 0 bridgehead atoms. The molecule has 4 rings (SSSR count). The summed E-state index contributed by atoms with van der Waals surface area (Å²) < 4.78 is 79.7. The molecule has 4 aromatic rings. The van der Waals surface area contributed by atoms with E-state index in [9.17, 15) is 31.2 Å². The second-order valence-electron chi connectivity index (χ2n) is 7.66. The Morgan fingerprint density at radius 2 is 1.77 bits per heavy atom. The Morgan fingerprint density at radius 3 is 2.34 bits per heavy atom. The standard InChI is InChI=1S/C22H16F4N6O2S/c1-12-3-6-19-16(7-12)17(8-27)20(32(19)21-29-9-14(23)10-30-21)18-5-4-15(11-28-18)35(33,34)31-13(2)22(24,25)26/h3-7,9-11,13,31H,1-2H3/t13-/m0/s1. The Hall–Kier alpha value is -3.89. The minimum Gasteiger partial charge on any atom is -0.275 e. The number of hydrogen-bond donors (Lipinski definition) is 1. The highest BCUT2D eigenvalue weighted by Gasteiger charge is 2.39. The quantitative estimate of drug-likeness (QED) is 0.411. The highest BCUT2D eigenvalue weighted by atomic mass is 32.2. The van der Waals surface area contributed by atoms with Crippen molar-refractivity contribution in [3.63, 3.8) is 0 Å². The minimum atomic E-state index is -4.77. The van der Waals surface area contributed by atoms with Gasteiger partial charge in [0.15, 0.2) is 5.82 Å². The fourth-order valence-electron chi connectivity index (χ4n) is 3.44. The van der Waals surface area contributed by atoms with Gasteiger partial charge in [-0.1, -0.05) is 11.6 Å². The van der Waals surface area contributed by atoms with E-state index >= 15 is 0 Å². The number of nitrogens with one attached hydrogen (secondary N) is 1. The summed E-state index contributed by atoms with van der Waals surface area (Å²) in [6.07, 6.45) is -1.97. The number of fused-ring (bicyclic) bond motifs is 1. The van der Waals surface area contributed by atoms with Gasteiger partial charge in [0.1, 0.15) is 17.0 Å². The molecule has 0 saturated heterocycles. The van der Waals surface area contributed by atoms with Crippen LogP contribution in [0.15, 0.2) is 53.8 Å². The molecule has 3 aromatic heterocycles. The van der Waals surface area contributed by atoms with E-state index in [0.717, 1.165) is 30.2 Å². The topological polar surface area (TPSA) is 114 Å². The number of hydrogen-bond acceptors (Lipinski definition) is 6. The molecule has 13 heteroatoms. The van der Waals surface area contributed by atoms with E-state index in [1.54, 1.807) is 22.9 Å². The molecule has 180 valence electrons. The lowest BCUT2D eigenvalue weighted by Crippen LogP contribution is -2.42. The normalized spacial score (nSPS) is 13.1. The van der Waals surface area contributed by atoms with Crippen molar-refractivity contribution in [2.24, 2.45) is 0 Å². The Bertz CT molecular complexity index is 1560. The van der Waals surface area contributed by atoms with Gasteiger partial charge in [-0.25, -0.2) is 22.8 Å². The van der Waals surface area contributed by atoms with Crippen molar-refractivity contribution < 1.29 is 26.0 Å². The zero-order valence-corrected chi connectivity index (χ0v) is 19.0. The van der Waals surface area contributed by atoms with Crippen molar-refractivity contribution in [3.8, 4) is 23.4 Å². The Labute approximate surface area is 196 Å². The first-order valence-electron chi connectivity index (χ1n) is 10.0. The van der Waals surface area contributed by atoms with Crippen LogP contribution in [0.25, 0.3) is 28.2 Å². The molecule has 0 saturated carbocycles. The monoisotopic (exact) mass is 504 g/mol. The number of pyridine rings is 1. The fraction of sp³-hybridized carbons (Fsp3) is 0.182. The smallest absolute Gasteiger partial charge is 0.275 e. The van der Waals surface area contributed by atoms with Gasteiger partial charge in [-0.15, -0.1) is 0 Å². The second kappa shape index (κ2) is 8.71. The number of aromatic nitrogens is 4. The summed E-state index contributed by atoms with van der Waals surface area (Å²) in [5.41, 5.74) is 1.90. The zero-order chi connectivity index (χ0) is 25.5. The maximum atomic E-state index is 13.5. The molecule has 0 fully saturated rings. The predicted molar refractivity (Wildman–Crippen MR) is 117 cm³/mol. The summed E-state index contributed by atoms with van der Waals surface area (Å²) in [6.45, 7) is 2.51. The average Bonchev–Trinajstić information content (AvgIpc) is 3.12. The predicted octanol–water partition coefficient (Wildman–Crippen LogP) is 4.03. The van der Waals surface area contributed by atoms with E-state index in [4.69, 9.17) is 0 Å². The van der Waals surface area contributed by atoms with E-state index in [2.05, 4.69) is 21.0 Å². The van der Waals surface area contributed by atoms with Crippen molar-refractivity contribution in [1.29, 1.82) is 5.26 Å². The van der Waals surface area contributed by atoms with Crippen LogP contribution in [0.2, 0.25) is 0 Å². The molecule has 0 amide bonds. The molecule has 3 heterocycles. The zero-order valence-electron chi connectivity index (χ0n) is 18.2. The number of benzene rings is 1. The molecule has 0 radical (unpaired) electrons. The highest BCUT2D eigenvalue weighted by Crippen LogP contribution is 2.35. The van der Waals surface area contributed by atoms with Crippen LogP contribution < -0.4 is 4.72 Å². The largest absolute Gasteiger partial charge is 0.404 e. The Morgan fingerprint density at radius 1 is 1.09 bits per heavy atom. The summed E-state index contributed by atoms with van der Waals surface area (Å²) in [7, 11) is -4.53. The van der Waals surface area contributed by atoms with Crippen molar-refractivity contribution >= 4 is 20.9 Å². The number of sulfonamides is 1. The molecule has 8 nitrogen and oxygen atoms in total. The van der Waals surface area contributed by atoms with E-state index in [-0.39, 0.29) is 22.9 Å². The van der Waals surface area contributed by atoms with Crippen molar-refractivity contribution in [2.45, 2.75) is 31.0 Å². The molecule has 0 aliphatic carbocycles. The van der Waals surface area contributed by atoms with Crippen molar-refractivity contribution in [1.82, 2.24) is 24.2 Å². The molecule has 1 atom stereocenters. The van der Waals surface area contributed by atoms with Gasteiger partial charge >= 0.3 is 6.18 Å². The Kier molecular flexibility index (Phi) is 6.04. The first-order valence-corrected chi connectivity index (χ1v) is 11.5. The van der Waals surface area contributed by atoms with Crippen LogP contribution in [-0.4, -0.2) is 40.2 Å². The van der Waals surface area contributed by atoms with Crippen LogP contribution in [0.5, 0.6) is 0 Å². The first kappa shape index (κ1) is 24.2. The lowest BCUT2D eigenvalue weighted by atomic mass is 10.1. The summed E-state index contributed by atoms with van der Waals surface area (Å²) >= 11 is 0. The third-order valence-electron chi connectivity index (χ3n) is 5.15. The fourth-order valence-corrected chi connectivity index (χ4v) is 4.61. The number of alkyl halides is 3. The molecule has 35 heavy (non-hydrogen) atoms. The van der Waals surface area contributed by atoms with Gasteiger partial charge < -0.3 is 0 Å². The summed E-state index contributed by atoms with van der Waals surface area (Å²) in [4.78, 5) is 11.6. The lowest BCUT2D eigenvalue weighted by molar-refractivity contribution is -0.147. The van der Waals surface area contributed by atoms with Gasteiger partial charge in [-0.05, 0) is 38.1 Å². The molecule has 1 aromatic carbocycles. The van der Waals surface area contributed by atoms with Crippen LogP contribution in [0.1, 0.15) is 18.1 Å². The molecule has 0 aliphatic heterocycles. The van der Waals surface area contributed by atoms with Crippen LogP contribution >= 0.6 is 0 Å². The number of aryl methyl sites for hydroxylation is 1. The molecule has 0 unspecified atom stereocenters. The van der Waals surface area contributed by atoms with Gasteiger partial charge in [-0.3, -0.25) is 9.55 Å². The van der Waals surface area contributed by atoms with Crippen LogP contribution in [-0.2, 0) is 10.0 Å². The van der Waals surface area contributed by atoms with E-state index in [1.807, 2.05) is 6.92 Å².